The lowest BCUT2D eigenvalue weighted by molar-refractivity contribution is -0.146. The topological polar surface area (TPSA) is 391 Å². The Hall–Kier alpha value is -10.3. The van der Waals surface area contributed by atoms with Crippen molar-refractivity contribution in [2.45, 2.75) is 245 Å². The number of thioether (sulfide) groups is 5. The van der Waals surface area contributed by atoms with E-state index in [2.05, 4.69) is 256 Å². The molecule has 0 radical (unpaired) electrons. The highest BCUT2D eigenvalue weighted by molar-refractivity contribution is 9.11. The van der Waals surface area contributed by atoms with Gasteiger partial charge in [-0.05, 0) is 297 Å². The molecule has 10 aromatic carbocycles. The van der Waals surface area contributed by atoms with Crippen molar-refractivity contribution in [3.63, 3.8) is 0 Å². The molecule has 1 aliphatic rings. The van der Waals surface area contributed by atoms with Crippen molar-refractivity contribution < 1.29 is 63.9 Å². The first kappa shape index (κ1) is 114. The number of nitrogens with zero attached hydrogens (tertiary/aromatic N) is 15. The summed E-state index contributed by atoms with van der Waals surface area (Å²) in [6.07, 6.45) is 3.33. The normalized spacial score (nSPS) is 13.1. The summed E-state index contributed by atoms with van der Waals surface area (Å²) in [6.45, 7) is 39.0. The Morgan fingerprint density at radius 3 is 1.01 bits per heavy atom. The molecule has 15 aromatic rings. The maximum atomic E-state index is 13.1. The Kier molecular flexibility index (Phi) is 37.7. The number of carbonyl (C=O) groups is 8. The van der Waals surface area contributed by atoms with Gasteiger partial charge >= 0.3 is 29.8 Å². The van der Waals surface area contributed by atoms with Crippen molar-refractivity contribution >= 4 is 240 Å². The average Bonchev–Trinajstić information content (AvgIpc) is 1.67. The van der Waals surface area contributed by atoms with Crippen LogP contribution in [-0.2, 0) is 44.8 Å². The van der Waals surface area contributed by atoms with Gasteiger partial charge in [0.2, 0.25) is 23.7 Å². The zero-order valence-corrected chi connectivity index (χ0v) is 96.8. The third-order valence-corrected chi connectivity index (χ3v) is 33.9. The van der Waals surface area contributed by atoms with Gasteiger partial charge in [-0.15, -0.1) is 51.0 Å². The molecule has 0 saturated heterocycles. The predicted octanol–water partition coefficient (Wildman–Crippen LogP) is 27.6. The highest BCUT2D eigenvalue weighted by Gasteiger charge is 2.42. The molecule has 0 amide bonds. The number of hydrogen-bond acceptors (Lipinski definition) is 23. The van der Waals surface area contributed by atoms with E-state index in [9.17, 15) is 63.9 Å². The molecule has 0 bridgehead atoms. The van der Waals surface area contributed by atoms with Crippen LogP contribution in [0.1, 0.15) is 203 Å². The fourth-order valence-corrected chi connectivity index (χ4v) is 24.1. The molecule has 16 rings (SSSR count). The summed E-state index contributed by atoms with van der Waals surface area (Å²) in [5.41, 5.74) is 10.9. The number of rotatable bonds is 35. The third-order valence-electron chi connectivity index (χ3n) is 25.5. The van der Waals surface area contributed by atoms with Crippen molar-refractivity contribution in [2.75, 3.05) is 0 Å². The van der Waals surface area contributed by atoms with Crippen LogP contribution >= 0.6 is 138 Å². The maximum Gasteiger partial charge on any atom is 0.319 e. The number of carboxylic acids is 5. The van der Waals surface area contributed by atoms with Crippen LogP contribution in [-0.4, -0.2) is 170 Å². The summed E-state index contributed by atoms with van der Waals surface area (Å²) in [5.74, 6) is -6.46. The molecule has 38 heteroatoms. The predicted molar refractivity (Wildman–Crippen MR) is 599 cm³/mol. The first-order chi connectivity index (χ1) is 68.7. The fraction of sp³-hybridized carbons (Fsp3) is 0.370. The molecule has 3 atom stereocenters. The van der Waals surface area contributed by atoms with Crippen LogP contribution in [0.4, 0.5) is 0 Å². The van der Waals surface area contributed by atoms with Gasteiger partial charge in [-0.2, -0.15) is 0 Å². The molecule has 5 aromatic heterocycles. The van der Waals surface area contributed by atoms with E-state index in [0.717, 1.165) is 78.1 Å². The van der Waals surface area contributed by atoms with E-state index in [0.29, 0.717) is 61.3 Å². The Balaban J connectivity index is 0.000000163. The van der Waals surface area contributed by atoms with E-state index < -0.39 is 71.3 Å². The highest BCUT2D eigenvalue weighted by Crippen LogP contribution is 2.48. The number of halogens is 5. The smallest absolute Gasteiger partial charge is 0.319 e. The molecule has 0 aliphatic heterocycles. The van der Waals surface area contributed by atoms with Crippen LogP contribution in [0.2, 0.25) is 0 Å². The van der Waals surface area contributed by atoms with Gasteiger partial charge < -0.3 is 25.5 Å². The summed E-state index contributed by atoms with van der Waals surface area (Å²) in [6, 6.07) is 61.8. The number of aromatic nitrogens is 15. The minimum atomic E-state index is -1.02. The second-order valence-corrected chi connectivity index (χ2v) is 51.0. The number of fused-ring (bicyclic) bond motifs is 5. The molecular weight excluding hydrogens is 2280 g/mol. The molecule has 1 fully saturated rings. The third kappa shape index (κ3) is 26.6. The van der Waals surface area contributed by atoms with Gasteiger partial charge in [0.25, 0.3) is 0 Å². The number of carboxylic acid groups (broad SMARTS) is 5. The molecule has 146 heavy (non-hydrogen) atoms. The molecule has 5 N–H and O–H groups in total. The van der Waals surface area contributed by atoms with Crippen molar-refractivity contribution in [3.05, 3.63) is 233 Å². The number of Topliss-reactive ketones (excluding diaryl/α,β-unsaturated/α-hetero) is 3. The first-order valence-electron chi connectivity index (χ1n) is 47.5. The van der Waals surface area contributed by atoms with E-state index in [4.69, 9.17) is 0 Å². The minimum absolute atomic E-state index is 0.0126. The van der Waals surface area contributed by atoms with E-state index in [1.165, 1.54) is 110 Å². The molecule has 28 nitrogen and oxygen atoms in total. The number of ketones is 3. The molecule has 1 saturated carbocycles. The molecule has 0 spiro atoms. The van der Waals surface area contributed by atoms with Gasteiger partial charge in [0.15, 0.2) is 25.8 Å². The molecule has 1 aliphatic carbocycles. The van der Waals surface area contributed by atoms with E-state index >= 15 is 0 Å². The molecule has 768 valence electrons. The standard InChI is InChI=1S/C25H28BrN3O3S.C24H28BrN3O3S.C22H24BrN3O3S.C19H20BrN3O2S.C18H18BrN3O2S/c1-14(2)19(22(31)32)13-21(30)25(3,4)33-24-28-27-23(26)29(24)20-12-11-16(15-9-10-15)17-7-5-6-8-18(17)20;1-6-15-11-12-19(17-10-8-7-9-16(15)17)28-22(25)26-27-23(28)32-24(4,5)20(29)13-18(14(2)3)21(30)31;1-13(2)16(19(28)29)12-18(27)22(3,4)30-21-25-24-20(23)26(21)17-11-7-9-14-8-5-6-10-15(14)17;1-11(2)12-9-10-15(14-8-6-5-7-13(12)14)23-17(20)21-22-18(23)26-19(3,4)16(24)25;1-10-5-7-12-11(2)6-8-14(13(12)9-10)22-16(19)20-21-17(22)25-18(3,4)15(23)24/h5-8,11-12,14-15,19H,9-10,13H2,1-4H3,(H,31,32);7-12,14,18H,6,13H2,1-5H3,(H,30,31);5-11,13,16H,12H2,1-4H3,(H,28,29);5-11H,1-4H3,(H,24,25);5-9H,1-4H3,(H,23,24). The summed E-state index contributed by atoms with van der Waals surface area (Å²) in [7, 11) is 0. The number of carbonyl (C=O) groups excluding carboxylic acids is 3. The van der Waals surface area contributed by atoms with Gasteiger partial charge in [0.05, 0.1) is 60.4 Å². The van der Waals surface area contributed by atoms with Crippen molar-refractivity contribution in [1.29, 1.82) is 0 Å². The van der Waals surface area contributed by atoms with Crippen molar-refractivity contribution in [2.24, 2.45) is 35.5 Å². The van der Waals surface area contributed by atoms with Crippen molar-refractivity contribution in [1.82, 2.24) is 73.8 Å². The number of benzene rings is 10. The lowest BCUT2D eigenvalue weighted by Gasteiger charge is -2.25. The molecule has 3 unspecified atom stereocenters. The Labute approximate surface area is 911 Å². The summed E-state index contributed by atoms with van der Waals surface area (Å²) in [4.78, 5) is 97.0. The Morgan fingerprint density at radius 1 is 0.336 bits per heavy atom. The first-order valence-corrected chi connectivity index (χ1v) is 55.5. The van der Waals surface area contributed by atoms with Gasteiger partial charge in [0.1, 0.15) is 26.8 Å². The van der Waals surface area contributed by atoms with Gasteiger partial charge in [-0.25, -0.2) is 0 Å². The monoisotopic (exact) mass is 2390 g/mol. The van der Waals surface area contributed by atoms with Crippen LogP contribution < -0.4 is 0 Å². The van der Waals surface area contributed by atoms with Crippen LogP contribution in [0.25, 0.3) is 82.3 Å². The van der Waals surface area contributed by atoms with Gasteiger partial charge in [0, 0.05) is 46.2 Å². The lowest BCUT2D eigenvalue weighted by atomic mass is 9.88. The summed E-state index contributed by atoms with van der Waals surface area (Å²) in [5, 5.41) is 103. The number of aryl methyl sites for hydroxylation is 3. The molecular formula is C108H118Br5N15O13S5. The van der Waals surface area contributed by atoms with E-state index in [-0.39, 0.29) is 54.4 Å². The lowest BCUT2D eigenvalue weighted by Crippen LogP contribution is -2.33. The Bertz CT molecular complexity index is 7430. The Morgan fingerprint density at radius 2 is 0.644 bits per heavy atom. The summed E-state index contributed by atoms with van der Waals surface area (Å²) >= 11 is 23.7. The van der Waals surface area contributed by atoms with Crippen LogP contribution in [0.3, 0.4) is 0 Å². The van der Waals surface area contributed by atoms with Gasteiger partial charge in [-0.3, -0.25) is 61.2 Å². The van der Waals surface area contributed by atoms with E-state index in [1.54, 1.807) is 41.5 Å². The van der Waals surface area contributed by atoms with E-state index in [1.807, 2.05) is 183 Å². The van der Waals surface area contributed by atoms with Gasteiger partial charge in [-0.1, -0.05) is 272 Å². The van der Waals surface area contributed by atoms with Crippen LogP contribution in [0.5, 0.6) is 0 Å². The zero-order valence-electron chi connectivity index (χ0n) is 84.8. The van der Waals surface area contributed by atoms with Crippen LogP contribution in [0, 0.1) is 49.4 Å². The largest absolute Gasteiger partial charge is 0.481 e. The highest BCUT2D eigenvalue weighted by atomic mass is 79.9. The van der Waals surface area contributed by atoms with Crippen molar-refractivity contribution in [3.8, 4) is 28.4 Å². The maximum absolute atomic E-state index is 13.1. The average molecular weight is 2390 g/mol. The molecule has 5 heterocycles. The minimum Gasteiger partial charge on any atom is -0.481 e. The summed E-state index contributed by atoms with van der Waals surface area (Å²) < 4.78 is 7.53. The SMILES string of the molecule is CC(C)C(CC(=O)C(C)(C)Sc1nnc(Br)n1-c1ccc(C2CC2)c2ccccc12)C(=O)O.CC(C)C(CC(=O)C(C)(C)Sc1nnc(Br)n1-c1cccc2ccccc12)C(=O)O.CC(C)c1ccc(-n2c(Br)nnc2SC(C)(C)C(=O)O)c2ccccc12.CCc1ccc(-n2c(Br)nnc2SC(C)(C)C(=O)CC(C(=O)O)C(C)C)c2ccccc12.Cc1ccc2c(C)ccc(-n3c(Br)nnc3SC(C)(C)C(=O)O)c2c1. The second-order valence-electron chi connectivity index (χ2n) is 39.5. The zero-order chi connectivity index (χ0) is 107. The fourth-order valence-electron chi connectivity index (χ4n) is 16.5. The number of hydrogen-bond donors (Lipinski definition) is 5. The second kappa shape index (κ2) is 48.1. The number of aliphatic carboxylic acids is 5. The quantitative estimate of drug-likeness (QED) is 0.0230. The van der Waals surface area contributed by atoms with Crippen LogP contribution in [0.15, 0.2) is 231 Å².